The first-order chi connectivity index (χ1) is 10.3. The lowest BCUT2D eigenvalue weighted by molar-refractivity contribution is 0.289. The number of halogens is 2. The molecule has 3 heteroatoms. The standard InChI is InChI=1S/C18H14BrFO/c19-11-14-7-4-10-17(20)18(14)21-12-15-8-3-6-13-5-1-2-9-16(13)15/h1-10H,11-12H2. The fourth-order valence-corrected chi connectivity index (χ4v) is 2.83. The van der Waals surface area contributed by atoms with Crippen molar-refractivity contribution < 1.29 is 9.13 Å². The Morgan fingerprint density at radius 2 is 1.57 bits per heavy atom. The molecule has 0 unspecified atom stereocenters. The molecule has 0 bridgehead atoms. The molecular formula is C18H14BrFO. The van der Waals surface area contributed by atoms with Crippen molar-refractivity contribution in [3.63, 3.8) is 0 Å². The van der Waals surface area contributed by atoms with Crippen molar-refractivity contribution in [2.45, 2.75) is 11.9 Å². The second kappa shape index (κ2) is 6.27. The molecule has 0 atom stereocenters. The molecule has 3 rings (SSSR count). The third-order valence-electron chi connectivity index (χ3n) is 3.44. The van der Waals surface area contributed by atoms with Gasteiger partial charge in [0.1, 0.15) is 6.61 Å². The Hall–Kier alpha value is -1.87. The lowest BCUT2D eigenvalue weighted by atomic mass is 10.1. The van der Waals surface area contributed by atoms with Gasteiger partial charge in [0.15, 0.2) is 11.6 Å². The van der Waals surface area contributed by atoms with E-state index in [0.29, 0.717) is 17.7 Å². The van der Waals surface area contributed by atoms with Gasteiger partial charge in [-0.3, -0.25) is 0 Å². The highest BCUT2D eigenvalue weighted by Gasteiger charge is 2.10. The number of hydrogen-bond acceptors (Lipinski definition) is 1. The Morgan fingerprint density at radius 1 is 0.857 bits per heavy atom. The molecule has 0 amide bonds. The van der Waals surface area contributed by atoms with E-state index >= 15 is 0 Å². The summed E-state index contributed by atoms with van der Waals surface area (Å²) >= 11 is 3.36. The van der Waals surface area contributed by atoms with Gasteiger partial charge < -0.3 is 4.74 Å². The first-order valence-corrected chi connectivity index (χ1v) is 7.84. The lowest BCUT2D eigenvalue weighted by Crippen LogP contribution is -2.00. The van der Waals surface area contributed by atoms with E-state index < -0.39 is 0 Å². The van der Waals surface area contributed by atoms with E-state index in [2.05, 4.69) is 34.1 Å². The molecule has 0 heterocycles. The summed E-state index contributed by atoms with van der Waals surface area (Å²) in [5.74, 6) is -0.00510. The highest BCUT2D eigenvalue weighted by atomic mass is 79.9. The summed E-state index contributed by atoms with van der Waals surface area (Å²) in [6.07, 6.45) is 0. The molecule has 0 radical (unpaired) electrons. The fourth-order valence-electron chi connectivity index (χ4n) is 2.39. The Kier molecular flexibility index (Phi) is 4.20. The molecule has 3 aromatic carbocycles. The van der Waals surface area contributed by atoms with E-state index in [0.717, 1.165) is 21.9 Å². The zero-order valence-electron chi connectivity index (χ0n) is 11.4. The second-order valence-electron chi connectivity index (χ2n) is 4.79. The largest absolute Gasteiger partial charge is 0.485 e. The molecule has 0 aliphatic rings. The van der Waals surface area contributed by atoms with E-state index in [4.69, 9.17) is 4.74 Å². The first-order valence-electron chi connectivity index (χ1n) is 6.72. The molecule has 0 saturated heterocycles. The van der Waals surface area contributed by atoms with Crippen molar-refractivity contribution in [3.8, 4) is 5.75 Å². The second-order valence-corrected chi connectivity index (χ2v) is 5.35. The molecule has 3 aromatic rings. The van der Waals surface area contributed by atoms with Gasteiger partial charge >= 0.3 is 0 Å². The topological polar surface area (TPSA) is 9.23 Å². The summed E-state index contributed by atoms with van der Waals surface area (Å²) in [6, 6.07) is 19.2. The van der Waals surface area contributed by atoms with Gasteiger partial charge in [0, 0.05) is 10.9 Å². The maximum absolute atomic E-state index is 13.9. The van der Waals surface area contributed by atoms with Gasteiger partial charge in [-0.1, -0.05) is 70.5 Å². The maximum atomic E-state index is 13.9. The maximum Gasteiger partial charge on any atom is 0.165 e. The highest BCUT2D eigenvalue weighted by molar-refractivity contribution is 9.08. The summed E-state index contributed by atoms with van der Waals surface area (Å²) in [5, 5.41) is 2.86. The van der Waals surface area contributed by atoms with E-state index in [1.54, 1.807) is 6.07 Å². The molecule has 0 fully saturated rings. The lowest BCUT2D eigenvalue weighted by Gasteiger charge is -2.12. The summed E-state index contributed by atoms with van der Waals surface area (Å²) < 4.78 is 19.7. The zero-order chi connectivity index (χ0) is 14.7. The van der Waals surface area contributed by atoms with Crippen LogP contribution in [-0.4, -0.2) is 0 Å². The van der Waals surface area contributed by atoms with Crippen LogP contribution in [-0.2, 0) is 11.9 Å². The molecular weight excluding hydrogens is 331 g/mol. The normalized spacial score (nSPS) is 10.8. The molecule has 1 nitrogen and oxygen atoms in total. The van der Waals surface area contributed by atoms with Crippen molar-refractivity contribution in [1.82, 2.24) is 0 Å². The molecule has 0 saturated carbocycles. The van der Waals surface area contributed by atoms with E-state index in [1.807, 2.05) is 30.3 Å². The van der Waals surface area contributed by atoms with Gasteiger partial charge in [-0.05, 0) is 22.4 Å². The van der Waals surface area contributed by atoms with Crippen molar-refractivity contribution in [3.05, 3.63) is 77.6 Å². The smallest absolute Gasteiger partial charge is 0.165 e. The Morgan fingerprint density at radius 3 is 2.43 bits per heavy atom. The van der Waals surface area contributed by atoms with Crippen molar-refractivity contribution in [2.75, 3.05) is 0 Å². The minimum atomic E-state index is -0.327. The van der Waals surface area contributed by atoms with Crippen LogP contribution in [0.2, 0.25) is 0 Å². The van der Waals surface area contributed by atoms with Crippen LogP contribution >= 0.6 is 15.9 Å². The van der Waals surface area contributed by atoms with Crippen LogP contribution in [0.1, 0.15) is 11.1 Å². The molecule has 21 heavy (non-hydrogen) atoms. The molecule has 0 aliphatic carbocycles. The summed E-state index contributed by atoms with van der Waals surface area (Å²) in [6.45, 7) is 0.349. The predicted octanol–water partition coefficient (Wildman–Crippen LogP) is 5.45. The Bertz CT molecular complexity index is 765. The minimum absolute atomic E-state index is 0.322. The SMILES string of the molecule is Fc1cccc(CBr)c1OCc1cccc2ccccc12. The highest BCUT2D eigenvalue weighted by Crippen LogP contribution is 2.27. The number of hydrogen-bond donors (Lipinski definition) is 0. The van der Waals surface area contributed by atoms with Crippen LogP contribution in [0.25, 0.3) is 10.8 Å². The van der Waals surface area contributed by atoms with Crippen LogP contribution in [0.15, 0.2) is 60.7 Å². The van der Waals surface area contributed by atoms with E-state index in [9.17, 15) is 4.39 Å². The number of rotatable bonds is 4. The Labute approximate surface area is 131 Å². The van der Waals surface area contributed by atoms with Crippen molar-refractivity contribution >= 4 is 26.7 Å². The summed E-state index contributed by atoms with van der Waals surface area (Å²) in [4.78, 5) is 0. The van der Waals surface area contributed by atoms with E-state index in [1.165, 1.54) is 6.07 Å². The molecule has 0 spiro atoms. The fraction of sp³-hybridized carbons (Fsp3) is 0.111. The number of benzene rings is 3. The molecule has 0 aromatic heterocycles. The van der Waals surface area contributed by atoms with Crippen LogP contribution < -0.4 is 4.74 Å². The van der Waals surface area contributed by atoms with Crippen molar-refractivity contribution in [1.29, 1.82) is 0 Å². The van der Waals surface area contributed by atoms with Crippen LogP contribution in [0.4, 0.5) is 4.39 Å². The van der Waals surface area contributed by atoms with Gasteiger partial charge in [0.25, 0.3) is 0 Å². The van der Waals surface area contributed by atoms with Crippen LogP contribution in [0.3, 0.4) is 0 Å². The average molecular weight is 345 g/mol. The number of fused-ring (bicyclic) bond motifs is 1. The molecule has 0 N–H and O–H groups in total. The number of ether oxygens (including phenoxy) is 1. The number of para-hydroxylation sites is 1. The predicted molar refractivity (Wildman–Crippen MR) is 87.3 cm³/mol. The summed E-state index contributed by atoms with van der Waals surface area (Å²) in [5.41, 5.74) is 1.87. The Balaban J connectivity index is 1.91. The van der Waals surface area contributed by atoms with Crippen LogP contribution in [0, 0.1) is 5.82 Å². The van der Waals surface area contributed by atoms with Crippen LogP contribution in [0.5, 0.6) is 5.75 Å². The van der Waals surface area contributed by atoms with Gasteiger partial charge in [-0.15, -0.1) is 0 Å². The molecule has 0 aliphatic heterocycles. The number of alkyl halides is 1. The quantitative estimate of drug-likeness (QED) is 0.571. The third-order valence-corrected chi connectivity index (χ3v) is 4.05. The monoisotopic (exact) mass is 344 g/mol. The third kappa shape index (κ3) is 2.93. The van der Waals surface area contributed by atoms with Gasteiger partial charge in [0.2, 0.25) is 0 Å². The van der Waals surface area contributed by atoms with Crippen molar-refractivity contribution in [2.24, 2.45) is 0 Å². The van der Waals surface area contributed by atoms with Gasteiger partial charge in [0.05, 0.1) is 0 Å². The van der Waals surface area contributed by atoms with Gasteiger partial charge in [-0.2, -0.15) is 0 Å². The minimum Gasteiger partial charge on any atom is -0.485 e. The summed E-state index contributed by atoms with van der Waals surface area (Å²) in [7, 11) is 0. The zero-order valence-corrected chi connectivity index (χ0v) is 12.9. The molecule has 106 valence electrons. The van der Waals surface area contributed by atoms with E-state index in [-0.39, 0.29) is 5.82 Å². The van der Waals surface area contributed by atoms with Gasteiger partial charge in [-0.25, -0.2) is 4.39 Å². The first kappa shape index (κ1) is 14.1. The average Bonchev–Trinajstić information content (AvgIpc) is 2.53.